The average Bonchev–Trinajstić information content (AvgIpc) is 2.25. The fraction of sp³-hybridized carbons (Fsp3) is 0.308. The average molecular weight is 264 g/mol. The summed E-state index contributed by atoms with van der Waals surface area (Å²) in [5.41, 5.74) is 8.61. The molecule has 1 aliphatic rings. The van der Waals surface area contributed by atoms with Crippen LogP contribution in [0.25, 0.3) is 0 Å². The molecule has 0 atom stereocenters. The van der Waals surface area contributed by atoms with Crippen molar-refractivity contribution in [1.82, 2.24) is 5.43 Å². The fourth-order valence-electron chi connectivity index (χ4n) is 1.74. The minimum absolute atomic E-state index is 0.173. The number of para-hydroxylation sites is 1. The van der Waals surface area contributed by atoms with E-state index in [-0.39, 0.29) is 4.75 Å². The molecule has 0 spiro atoms. The zero-order valence-corrected chi connectivity index (χ0v) is 11.6. The zero-order chi connectivity index (χ0) is 12.3. The lowest BCUT2D eigenvalue weighted by Gasteiger charge is -2.30. The molecule has 1 aromatic rings. The number of allylic oxidation sites excluding steroid dienone is 1. The quantitative estimate of drug-likeness (QED) is 0.641. The van der Waals surface area contributed by atoms with Crippen molar-refractivity contribution in [3.8, 4) is 0 Å². The Hall–Kier alpha value is -1.000. The van der Waals surface area contributed by atoms with Crippen LogP contribution in [-0.4, -0.2) is 8.94 Å². The van der Waals surface area contributed by atoms with E-state index in [1.807, 2.05) is 36.4 Å². The van der Waals surface area contributed by atoms with Crippen molar-refractivity contribution in [3.05, 3.63) is 42.1 Å². The molecule has 2 rings (SSSR count). The number of hydrazine groups is 1. The van der Waals surface area contributed by atoms with E-state index in [4.69, 9.17) is 12.2 Å². The summed E-state index contributed by atoms with van der Waals surface area (Å²) in [6.07, 6.45) is 3.01. The number of hydrogen-bond acceptors (Lipinski definition) is 4. The molecule has 4 heteroatoms. The van der Waals surface area contributed by atoms with Gasteiger partial charge in [-0.1, -0.05) is 30.4 Å². The lowest BCUT2D eigenvalue weighted by atomic mass is 10.1. The van der Waals surface area contributed by atoms with Gasteiger partial charge >= 0.3 is 0 Å². The SMILES string of the molecule is CC1(C)CC(NNc2ccccc2)=CC(=S)S1. The number of rotatable bonds is 3. The maximum atomic E-state index is 5.28. The predicted octanol–water partition coefficient (Wildman–Crippen LogP) is 3.73. The highest BCUT2D eigenvalue weighted by molar-refractivity contribution is 8.24. The molecule has 0 saturated heterocycles. The first kappa shape index (κ1) is 12.5. The van der Waals surface area contributed by atoms with Gasteiger partial charge < -0.3 is 10.9 Å². The number of nitrogens with one attached hydrogen (secondary N) is 2. The Morgan fingerprint density at radius 1 is 1.18 bits per heavy atom. The third kappa shape index (κ3) is 3.75. The van der Waals surface area contributed by atoms with Crippen LogP contribution in [0.2, 0.25) is 0 Å². The highest BCUT2D eigenvalue weighted by Gasteiger charge is 2.26. The monoisotopic (exact) mass is 264 g/mol. The second kappa shape index (κ2) is 5.10. The standard InChI is InChI=1S/C13H16N2S2/c1-13(2)9-11(8-12(16)17-13)15-14-10-6-4-3-5-7-10/h3-8,14-15H,9H2,1-2H3. The second-order valence-corrected chi connectivity index (χ2v) is 7.09. The molecule has 0 amide bonds. The summed E-state index contributed by atoms with van der Waals surface area (Å²) >= 11 is 7.04. The Bertz CT molecular complexity index is 438. The minimum atomic E-state index is 0.173. The van der Waals surface area contributed by atoms with E-state index in [2.05, 4.69) is 24.7 Å². The highest BCUT2D eigenvalue weighted by atomic mass is 32.2. The number of anilines is 1. The molecule has 0 fully saturated rings. The van der Waals surface area contributed by atoms with Gasteiger partial charge in [-0.3, -0.25) is 0 Å². The largest absolute Gasteiger partial charge is 0.305 e. The third-order valence-corrected chi connectivity index (χ3v) is 3.81. The van der Waals surface area contributed by atoms with Crippen molar-refractivity contribution in [2.45, 2.75) is 25.0 Å². The minimum Gasteiger partial charge on any atom is -0.305 e. The van der Waals surface area contributed by atoms with Gasteiger partial charge in [-0.25, -0.2) is 0 Å². The first-order valence-corrected chi connectivity index (χ1v) is 6.78. The van der Waals surface area contributed by atoms with Gasteiger partial charge in [0, 0.05) is 16.9 Å². The summed E-state index contributed by atoms with van der Waals surface area (Å²) < 4.78 is 1.12. The maximum Gasteiger partial charge on any atom is 0.0728 e. The van der Waals surface area contributed by atoms with Gasteiger partial charge in [0.25, 0.3) is 0 Å². The third-order valence-electron chi connectivity index (χ3n) is 2.43. The molecule has 0 saturated carbocycles. The number of thioether (sulfide) groups is 1. The topological polar surface area (TPSA) is 24.1 Å². The normalized spacial score (nSPS) is 18.5. The van der Waals surface area contributed by atoms with Gasteiger partial charge in [0.1, 0.15) is 0 Å². The van der Waals surface area contributed by atoms with E-state index in [1.54, 1.807) is 11.8 Å². The summed E-state index contributed by atoms with van der Waals surface area (Å²) in [4.78, 5) is 0. The summed E-state index contributed by atoms with van der Waals surface area (Å²) in [5.74, 6) is 0. The van der Waals surface area contributed by atoms with Crippen molar-refractivity contribution in [3.63, 3.8) is 0 Å². The molecule has 0 aliphatic carbocycles. The lowest BCUT2D eigenvalue weighted by Crippen LogP contribution is -2.30. The van der Waals surface area contributed by atoms with Crippen LogP contribution in [0, 0.1) is 0 Å². The van der Waals surface area contributed by atoms with Crippen molar-refractivity contribution in [2.24, 2.45) is 0 Å². The first-order valence-electron chi connectivity index (χ1n) is 5.56. The Labute approximate surface area is 112 Å². The number of hydrogen-bond donors (Lipinski definition) is 2. The maximum absolute atomic E-state index is 5.28. The summed E-state index contributed by atoms with van der Waals surface area (Å²) in [7, 11) is 0. The van der Waals surface area contributed by atoms with Gasteiger partial charge in [-0.05, 0) is 32.1 Å². The molecule has 1 aromatic carbocycles. The molecule has 0 radical (unpaired) electrons. The van der Waals surface area contributed by atoms with Gasteiger partial charge in [-0.15, -0.1) is 11.8 Å². The van der Waals surface area contributed by atoms with Gasteiger partial charge in [0.15, 0.2) is 0 Å². The molecular formula is C13H16N2S2. The van der Waals surface area contributed by atoms with Crippen molar-refractivity contribution >= 4 is 33.9 Å². The van der Waals surface area contributed by atoms with Gasteiger partial charge in [0.2, 0.25) is 0 Å². The molecule has 0 unspecified atom stereocenters. The molecule has 0 aromatic heterocycles. The molecule has 90 valence electrons. The Kier molecular flexibility index (Phi) is 3.74. The molecule has 2 nitrogen and oxygen atoms in total. The van der Waals surface area contributed by atoms with Crippen LogP contribution >= 0.6 is 24.0 Å². The zero-order valence-electron chi connectivity index (χ0n) is 9.99. The summed E-state index contributed by atoms with van der Waals surface area (Å²) in [6, 6.07) is 10.1. The fourth-order valence-corrected chi connectivity index (χ4v) is 3.54. The molecule has 1 aliphatic heterocycles. The summed E-state index contributed by atoms with van der Waals surface area (Å²) in [5, 5.41) is 0. The number of benzene rings is 1. The van der Waals surface area contributed by atoms with E-state index in [9.17, 15) is 0 Å². The molecular weight excluding hydrogens is 248 g/mol. The predicted molar refractivity (Wildman–Crippen MR) is 80.2 cm³/mol. The van der Waals surface area contributed by atoms with E-state index < -0.39 is 0 Å². The molecule has 17 heavy (non-hydrogen) atoms. The first-order chi connectivity index (χ1) is 8.05. The highest BCUT2D eigenvalue weighted by Crippen LogP contribution is 2.36. The van der Waals surface area contributed by atoms with Crippen LogP contribution in [0.5, 0.6) is 0 Å². The molecule has 0 bridgehead atoms. The Morgan fingerprint density at radius 3 is 2.53 bits per heavy atom. The van der Waals surface area contributed by atoms with E-state index in [0.29, 0.717) is 0 Å². The van der Waals surface area contributed by atoms with Gasteiger partial charge in [0.05, 0.1) is 9.88 Å². The van der Waals surface area contributed by atoms with Crippen LogP contribution in [0.15, 0.2) is 42.1 Å². The van der Waals surface area contributed by atoms with Crippen LogP contribution in [0.1, 0.15) is 20.3 Å². The van der Waals surface area contributed by atoms with Crippen LogP contribution in [-0.2, 0) is 0 Å². The lowest BCUT2D eigenvalue weighted by molar-refractivity contribution is 0.670. The van der Waals surface area contributed by atoms with E-state index >= 15 is 0 Å². The van der Waals surface area contributed by atoms with Crippen LogP contribution in [0.3, 0.4) is 0 Å². The van der Waals surface area contributed by atoms with Crippen molar-refractivity contribution in [1.29, 1.82) is 0 Å². The van der Waals surface area contributed by atoms with Crippen molar-refractivity contribution in [2.75, 3.05) is 5.43 Å². The van der Waals surface area contributed by atoms with E-state index in [1.165, 1.54) is 0 Å². The van der Waals surface area contributed by atoms with Crippen LogP contribution in [0.4, 0.5) is 5.69 Å². The molecule has 2 N–H and O–H groups in total. The molecule has 1 heterocycles. The Morgan fingerprint density at radius 2 is 1.88 bits per heavy atom. The van der Waals surface area contributed by atoms with Crippen molar-refractivity contribution < 1.29 is 0 Å². The van der Waals surface area contributed by atoms with Crippen LogP contribution < -0.4 is 10.9 Å². The Balaban J connectivity index is 1.98. The smallest absolute Gasteiger partial charge is 0.0728 e. The van der Waals surface area contributed by atoms with Gasteiger partial charge in [-0.2, -0.15) is 0 Å². The second-order valence-electron chi connectivity index (χ2n) is 4.64. The van der Waals surface area contributed by atoms with E-state index in [0.717, 1.165) is 22.0 Å². The number of thiocarbonyl (C=S) groups is 1. The summed E-state index contributed by atoms with van der Waals surface area (Å²) in [6.45, 7) is 4.42.